The molecule has 1 heterocycles. The second-order valence-corrected chi connectivity index (χ2v) is 4.41. The standard InChI is InChI=1S/C12H17FN2O/c1-9-7-15(3-2-14-9)8-10-4-11(13)6-12(16)5-10/h4-6,9,14,16H,2-3,7-8H2,1H3. The summed E-state index contributed by atoms with van der Waals surface area (Å²) in [6, 6.07) is 4.70. The van der Waals surface area contributed by atoms with Crippen molar-refractivity contribution < 1.29 is 9.50 Å². The number of nitrogens with one attached hydrogen (secondary N) is 1. The van der Waals surface area contributed by atoms with E-state index in [0.29, 0.717) is 12.6 Å². The van der Waals surface area contributed by atoms with Crippen molar-refractivity contribution in [3.63, 3.8) is 0 Å². The van der Waals surface area contributed by atoms with E-state index >= 15 is 0 Å². The highest BCUT2D eigenvalue weighted by Crippen LogP contribution is 2.16. The van der Waals surface area contributed by atoms with Crippen LogP contribution in [0, 0.1) is 5.82 Å². The van der Waals surface area contributed by atoms with Crippen molar-refractivity contribution in [2.45, 2.75) is 19.5 Å². The zero-order valence-electron chi connectivity index (χ0n) is 9.41. The summed E-state index contributed by atoms with van der Waals surface area (Å²) in [6.45, 7) is 5.70. The Hall–Kier alpha value is -1.13. The highest BCUT2D eigenvalue weighted by atomic mass is 19.1. The van der Waals surface area contributed by atoms with Gasteiger partial charge in [0, 0.05) is 38.3 Å². The molecule has 1 unspecified atom stereocenters. The summed E-state index contributed by atoms with van der Waals surface area (Å²) in [5.41, 5.74) is 0.826. The van der Waals surface area contributed by atoms with Gasteiger partial charge in [-0.1, -0.05) is 0 Å². The molecular weight excluding hydrogens is 207 g/mol. The number of halogens is 1. The normalized spacial score (nSPS) is 22.2. The second-order valence-electron chi connectivity index (χ2n) is 4.41. The van der Waals surface area contributed by atoms with Crippen LogP contribution < -0.4 is 5.32 Å². The molecule has 16 heavy (non-hydrogen) atoms. The van der Waals surface area contributed by atoms with E-state index in [9.17, 15) is 9.50 Å². The van der Waals surface area contributed by atoms with Crippen LogP contribution in [0.15, 0.2) is 18.2 Å². The van der Waals surface area contributed by atoms with Gasteiger partial charge in [0.2, 0.25) is 0 Å². The van der Waals surface area contributed by atoms with E-state index in [4.69, 9.17) is 0 Å². The summed E-state index contributed by atoms with van der Waals surface area (Å²) in [5.74, 6) is -0.378. The van der Waals surface area contributed by atoms with Gasteiger partial charge in [-0.25, -0.2) is 4.39 Å². The second kappa shape index (κ2) is 4.80. The van der Waals surface area contributed by atoms with Gasteiger partial charge in [-0.2, -0.15) is 0 Å². The minimum absolute atomic E-state index is 0.00168. The maximum Gasteiger partial charge on any atom is 0.127 e. The van der Waals surface area contributed by atoms with Crippen LogP contribution in [-0.2, 0) is 6.54 Å². The minimum atomic E-state index is -0.377. The summed E-state index contributed by atoms with van der Waals surface area (Å²) in [7, 11) is 0. The lowest BCUT2D eigenvalue weighted by atomic mass is 10.1. The van der Waals surface area contributed by atoms with Crippen molar-refractivity contribution in [2.75, 3.05) is 19.6 Å². The number of piperazine rings is 1. The average molecular weight is 224 g/mol. The highest BCUT2D eigenvalue weighted by Gasteiger charge is 2.15. The lowest BCUT2D eigenvalue weighted by Gasteiger charge is -2.31. The summed E-state index contributed by atoms with van der Waals surface area (Å²) in [6.07, 6.45) is 0. The largest absolute Gasteiger partial charge is 0.508 e. The molecule has 2 rings (SSSR count). The molecule has 0 radical (unpaired) electrons. The molecule has 0 amide bonds. The predicted octanol–water partition coefficient (Wildman–Crippen LogP) is 1.32. The lowest BCUT2D eigenvalue weighted by Crippen LogP contribution is -2.48. The van der Waals surface area contributed by atoms with E-state index in [1.54, 1.807) is 6.07 Å². The summed E-state index contributed by atoms with van der Waals surface area (Å²) < 4.78 is 13.1. The molecule has 0 saturated carbocycles. The van der Waals surface area contributed by atoms with Crippen molar-refractivity contribution in [2.24, 2.45) is 0 Å². The topological polar surface area (TPSA) is 35.5 Å². The van der Waals surface area contributed by atoms with Crippen LogP contribution in [0.5, 0.6) is 5.75 Å². The molecule has 4 heteroatoms. The third kappa shape index (κ3) is 2.93. The first-order valence-electron chi connectivity index (χ1n) is 5.57. The molecule has 0 aliphatic carbocycles. The van der Waals surface area contributed by atoms with Crippen LogP contribution in [0.2, 0.25) is 0 Å². The Morgan fingerprint density at radius 3 is 3.00 bits per heavy atom. The molecule has 0 aromatic heterocycles. The van der Waals surface area contributed by atoms with Gasteiger partial charge in [0.1, 0.15) is 11.6 Å². The SMILES string of the molecule is CC1CN(Cc2cc(O)cc(F)c2)CCN1. The average Bonchev–Trinajstić information content (AvgIpc) is 2.15. The third-order valence-electron chi connectivity index (χ3n) is 2.80. The molecule has 1 saturated heterocycles. The van der Waals surface area contributed by atoms with E-state index in [1.165, 1.54) is 6.07 Å². The maximum atomic E-state index is 13.1. The highest BCUT2D eigenvalue weighted by molar-refractivity contribution is 5.28. The molecule has 1 aromatic rings. The van der Waals surface area contributed by atoms with Crippen molar-refractivity contribution in [1.29, 1.82) is 0 Å². The van der Waals surface area contributed by atoms with Crippen LogP contribution in [0.3, 0.4) is 0 Å². The smallest absolute Gasteiger partial charge is 0.127 e. The Balaban J connectivity index is 2.02. The minimum Gasteiger partial charge on any atom is -0.508 e. The van der Waals surface area contributed by atoms with Crippen LogP contribution in [-0.4, -0.2) is 35.7 Å². The van der Waals surface area contributed by atoms with Crippen molar-refractivity contribution in [1.82, 2.24) is 10.2 Å². The van der Waals surface area contributed by atoms with E-state index in [0.717, 1.165) is 31.3 Å². The Morgan fingerprint density at radius 1 is 1.50 bits per heavy atom. The Morgan fingerprint density at radius 2 is 2.31 bits per heavy atom. The molecule has 0 bridgehead atoms. The van der Waals surface area contributed by atoms with Crippen molar-refractivity contribution in [3.8, 4) is 5.75 Å². The molecule has 3 nitrogen and oxygen atoms in total. The van der Waals surface area contributed by atoms with Gasteiger partial charge in [0.05, 0.1) is 0 Å². The van der Waals surface area contributed by atoms with Crippen LogP contribution in [0.4, 0.5) is 4.39 Å². The van der Waals surface area contributed by atoms with E-state index in [1.807, 2.05) is 0 Å². The van der Waals surface area contributed by atoms with E-state index in [-0.39, 0.29) is 11.6 Å². The van der Waals surface area contributed by atoms with Gasteiger partial charge in [-0.05, 0) is 24.6 Å². The van der Waals surface area contributed by atoms with Gasteiger partial charge in [0.25, 0.3) is 0 Å². The third-order valence-corrected chi connectivity index (χ3v) is 2.80. The number of phenols is 1. The number of hydrogen-bond acceptors (Lipinski definition) is 3. The molecular formula is C12H17FN2O. The zero-order chi connectivity index (χ0) is 11.5. The van der Waals surface area contributed by atoms with Crippen molar-refractivity contribution >= 4 is 0 Å². The quantitative estimate of drug-likeness (QED) is 0.795. The number of benzene rings is 1. The summed E-state index contributed by atoms with van der Waals surface area (Å²) in [4.78, 5) is 2.26. The lowest BCUT2D eigenvalue weighted by molar-refractivity contribution is 0.199. The number of nitrogens with zero attached hydrogens (tertiary/aromatic N) is 1. The molecule has 1 aliphatic rings. The first kappa shape index (κ1) is 11.4. The van der Waals surface area contributed by atoms with Crippen molar-refractivity contribution in [3.05, 3.63) is 29.6 Å². The molecule has 2 N–H and O–H groups in total. The fourth-order valence-electron chi connectivity index (χ4n) is 2.14. The Kier molecular flexibility index (Phi) is 3.41. The van der Waals surface area contributed by atoms with Crippen LogP contribution in [0.25, 0.3) is 0 Å². The van der Waals surface area contributed by atoms with Gasteiger partial charge in [-0.3, -0.25) is 4.90 Å². The first-order chi connectivity index (χ1) is 7.63. The number of phenolic OH excluding ortho intramolecular Hbond substituents is 1. The van der Waals surface area contributed by atoms with Gasteiger partial charge in [0.15, 0.2) is 0 Å². The zero-order valence-corrected chi connectivity index (χ0v) is 9.41. The molecule has 0 spiro atoms. The molecule has 88 valence electrons. The molecule has 1 aliphatic heterocycles. The van der Waals surface area contributed by atoms with Crippen LogP contribution in [0.1, 0.15) is 12.5 Å². The number of hydrogen-bond donors (Lipinski definition) is 2. The fourth-order valence-corrected chi connectivity index (χ4v) is 2.14. The number of aromatic hydroxyl groups is 1. The van der Waals surface area contributed by atoms with Gasteiger partial charge >= 0.3 is 0 Å². The maximum absolute atomic E-state index is 13.1. The summed E-state index contributed by atoms with van der Waals surface area (Å²) >= 11 is 0. The van der Waals surface area contributed by atoms with Gasteiger partial charge in [-0.15, -0.1) is 0 Å². The Labute approximate surface area is 94.9 Å². The molecule has 1 atom stereocenters. The first-order valence-corrected chi connectivity index (χ1v) is 5.57. The molecule has 1 aromatic carbocycles. The van der Waals surface area contributed by atoms with Gasteiger partial charge < -0.3 is 10.4 Å². The van der Waals surface area contributed by atoms with E-state index in [2.05, 4.69) is 17.1 Å². The number of rotatable bonds is 2. The van der Waals surface area contributed by atoms with Crippen LogP contribution >= 0.6 is 0 Å². The Bertz CT molecular complexity index is 350. The monoisotopic (exact) mass is 224 g/mol. The fraction of sp³-hybridized carbons (Fsp3) is 0.500. The summed E-state index contributed by atoms with van der Waals surface area (Å²) in [5, 5.41) is 12.7. The van der Waals surface area contributed by atoms with E-state index < -0.39 is 0 Å². The predicted molar refractivity (Wildman–Crippen MR) is 60.8 cm³/mol. The molecule has 1 fully saturated rings.